The molecule has 0 aromatic carbocycles. The van der Waals surface area contributed by atoms with E-state index in [2.05, 4.69) is 0 Å². The van der Waals surface area contributed by atoms with Crippen molar-refractivity contribution in [2.45, 2.75) is 32.6 Å². The number of hydrogen-bond donors (Lipinski definition) is 0. The standard InChI is InChI=1S/C32H65ClO13/c1-2-34-9-10-36-13-14-38-17-18-40-21-22-42-25-26-44-29-30-46-32-31-45-28-27-43-24-23-41-20-19-39-16-15-37-12-11-35-8-6-4-3-5-7-33/h2-32H2,1H3. The van der Waals surface area contributed by atoms with Crippen LogP contribution in [-0.4, -0.2) is 178 Å². The van der Waals surface area contributed by atoms with Gasteiger partial charge < -0.3 is 61.6 Å². The molecule has 0 radical (unpaired) electrons. The number of hydrogen-bond acceptors (Lipinski definition) is 13. The van der Waals surface area contributed by atoms with Crippen LogP contribution in [0, 0.1) is 0 Å². The molecular formula is C32H65ClO13. The first-order chi connectivity index (χ1) is 22.9. The van der Waals surface area contributed by atoms with Crippen molar-refractivity contribution < 1.29 is 61.6 Å². The summed E-state index contributed by atoms with van der Waals surface area (Å²) in [7, 11) is 0. The minimum absolute atomic E-state index is 0.513. The van der Waals surface area contributed by atoms with Crippen molar-refractivity contribution in [3.63, 3.8) is 0 Å². The summed E-state index contributed by atoms with van der Waals surface area (Å²) in [5, 5.41) is 0. The zero-order chi connectivity index (χ0) is 33.1. The van der Waals surface area contributed by atoms with E-state index in [0.717, 1.165) is 25.3 Å². The molecule has 0 aliphatic heterocycles. The Morgan fingerprint density at radius 2 is 0.435 bits per heavy atom. The van der Waals surface area contributed by atoms with E-state index < -0.39 is 0 Å². The fraction of sp³-hybridized carbons (Fsp3) is 1.00. The van der Waals surface area contributed by atoms with Crippen molar-refractivity contribution >= 4 is 11.6 Å². The van der Waals surface area contributed by atoms with Crippen LogP contribution in [0.15, 0.2) is 0 Å². The minimum atomic E-state index is 0.513. The quantitative estimate of drug-likeness (QED) is 0.0689. The van der Waals surface area contributed by atoms with Gasteiger partial charge in [-0.3, -0.25) is 0 Å². The summed E-state index contributed by atoms with van der Waals surface area (Å²) in [6.45, 7) is 16.4. The molecule has 0 atom stereocenters. The highest BCUT2D eigenvalue weighted by Gasteiger charge is 1.97. The molecule has 0 saturated carbocycles. The minimum Gasteiger partial charge on any atom is -0.379 e. The van der Waals surface area contributed by atoms with Gasteiger partial charge in [0.1, 0.15) is 0 Å². The van der Waals surface area contributed by atoms with Crippen LogP contribution in [0.4, 0.5) is 0 Å². The molecule has 0 heterocycles. The average Bonchev–Trinajstić information content (AvgIpc) is 3.07. The van der Waals surface area contributed by atoms with Crippen LogP contribution >= 0.6 is 11.6 Å². The molecule has 278 valence electrons. The highest BCUT2D eigenvalue weighted by Crippen LogP contribution is 2.01. The van der Waals surface area contributed by atoms with E-state index in [1.807, 2.05) is 6.92 Å². The molecule has 0 aromatic heterocycles. The molecule has 0 rings (SSSR count). The maximum absolute atomic E-state index is 5.65. The van der Waals surface area contributed by atoms with E-state index in [1.54, 1.807) is 0 Å². The van der Waals surface area contributed by atoms with Crippen molar-refractivity contribution in [3.8, 4) is 0 Å². The van der Waals surface area contributed by atoms with E-state index in [0.29, 0.717) is 165 Å². The van der Waals surface area contributed by atoms with Crippen molar-refractivity contribution in [1.29, 1.82) is 0 Å². The third kappa shape index (κ3) is 43.8. The maximum Gasteiger partial charge on any atom is 0.0701 e. The monoisotopic (exact) mass is 692 g/mol. The zero-order valence-electron chi connectivity index (χ0n) is 28.6. The van der Waals surface area contributed by atoms with Gasteiger partial charge in [0.2, 0.25) is 0 Å². The highest BCUT2D eigenvalue weighted by atomic mass is 35.5. The van der Waals surface area contributed by atoms with Crippen LogP contribution in [0.3, 0.4) is 0 Å². The van der Waals surface area contributed by atoms with Crippen LogP contribution in [-0.2, 0) is 61.6 Å². The molecule has 13 nitrogen and oxygen atoms in total. The molecule has 0 amide bonds. The Morgan fingerprint density at radius 3 is 0.652 bits per heavy atom. The summed E-state index contributed by atoms with van der Waals surface area (Å²) < 4.78 is 70.8. The van der Waals surface area contributed by atoms with Crippen molar-refractivity contribution in [3.05, 3.63) is 0 Å². The third-order valence-electron chi connectivity index (χ3n) is 5.84. The lowest BCUT2D eigenvalue weighted by Gasteiger charge is -2.09. The molecule has 0 saturated heterocycles. The largest absolute Gasteiger partial charge is 0.379 e. The molecule has 0 unspecified atom stereocenters. The lowest BCUT2D eigenvalue weighted by molar-refractivity contribution is -0.0289. The van der Waals surface area contributed by atoms with Gasteiger partial charge in [0.25, 0.3) is 0 Å². The predicted molar refractivity (Wildman–Crippen MR) is 176 cm³/mol. The van der Waals surface area contributed by atoms with E-state index >= 15 is 0 Å². The van der Waals surface area contributed by atoms with Crippen molar-refractivity contribution in [1.82, 2.24) is 0 Å². The van der Waals surface area contributed by atoms with Gasteiger partial charge in [-0.2, -0.15) is 0 Å². The van der Waals surface area contributed by atoms with E-state index in [-0.39, 0.29) is 0 Å². The van der Waals surface area contributed by atoms with Gasteiger partial charge in [-0.25, -0.2) is 0 Å². The lowest BCUT2D eigenvalue weighted by Crippen LogP contribution is -2.15. The summed E-state index contributed by atoms with van der Waals surface area (Å²) in [6, 6.07) is 0. The number of halogens is 1. The number of alkyl halides is 1. The number of unbranched alkanes of at least 4 members (excludes halogenated alkanes) is 3. The van der Waals surface area contributed by atoms with Crippen LogP contribution < -0.4 is 0 Å². The topological polar surface area (TPSA) is 120 Å². The first-order valence-electron chi connectivity index (χ1n) is 17.0. The average molecular weight is 693 g/mol. The van der Waals surface area contributed by atoms with Crippen LogP contribution in [0.2, 0.25) is 0 Å². The first-order valence-corrected chi connectivity index (χ1v) is 17.5. The molecule has 0 aliphatic rings. The first kappa shape index (κ1) is 45.8. The number of rotatable bonds is 43. The normalized spacial score (nSPS) is 11.6. The Bertz CT molecular complexity index is 482. The highest BCUT2D eigenvalue weighted by molar-refractivity contribution is 6.17. The maximum atomic E-state index is 5.65. The Morgan fingerprint density at radius 1 is 0.239 bits per heavy atom. The van der Waals surface area contributed by atoms with E-state index in [1.165, 1.54) is 12.8 Å². The van der Waals surface area contributed by atoms with Crippen molar-refractivity contribution in [2.75, 3.05) is 178 Å². The Hall–Kier alpha value is -0.230. The van der Waals surface area contributed by atoms with Gasteiger partial charge in [-0.15, -0.1) is 11.6 Å². The van der Waals surface area contributed by atoms with Crippen LogP contribution in [0.5, 0.6) is 0 Å². The van der Waals surface area contributed by atoms with Gasteiger partial charge in [0, 0.05) is 19.1 Å². The molecular weight excluding hydrogens is 628 g/mol. The Labute approximate surface area is 283 Å². The second kappa shape index (κ2) is 44.8. The van der Waals surface area contributed by atoms with Gasteiger partial charge >= 0.3 is 0 Å². The summed E-state index contributed by atoms with van der Waals surface area (Å²) in [5.41, 5.74) is 0. The second-order valence-corrected chi connectivity index (χ2v) is 10.0. The second-order valence-electron chi connectivity index (χ2n) is 9.65. The summed E-state index contributed by atoms with van der Waals surface area (Å²) in [6.07, 6.45) is 4.50. The third-order valence-corrected chi connectivity index (χ3v) is 6.11. The van der Waals surface area contributed by atoms with E-state index in [4.69, 9.17) is 73.2 Å². The number of ether oxygens (including phenoxy) is 13. The van der Waals surface area contributed by atoms with Crippen LogP contribution in [0.25, 0.3) is 0 Å². The summed E-state index contributed by atoms with van der Waals surface area (Å²) >= 11 is 5.65. The van der Waals surface area contributed by atoms with Gasteiger partial charge in [0.05, 0.1) is 159 Å². The van der Waals surface area contributed by atoms with E-state index in [9.17, 15) is 0 Å². The van der Waals surface area contributed by atoms with Crippen molar-refractivity contribution in [2.24, 2.45) is 0 Å². The molecule has 46 heavy (non-hydrogen) atoms. The zero-order valence-corrected chi connectivity index (χ0v) is 29.4. The molecule has 0 aromatic rings. The lowest BCUT2D eigenvalue weighted by atomic mass is 10.2. The Kier molecular flexibility index (Phi) is 44.5. The molecule has 0 N–H and O–H groups in total. The molecule has 14 heteroatoms. The SMILES string of the molecule is CCOCCOCCOCCOCCOCCOCCOCCOCCOCCOCCOCCOCCOCCCCCCCl. The molecule has 0 bridgehead atoms. The van der Waals surface area contributed by atoms with Gasteiger partial charge in [0.15, 0.2) is 0 Å². The van der Waals surface area contributed by atoms with Crippen LogP contribution in [0.1, 0.15) is 32.6 Å². The summed E-state index contributed by atoms with van der Waals surface area (Å²) in [5.74, 6) is 0.743. The molecule has 0 aliphatic carbocycles. The smallest absolute Gasteiger partial charge is 0.0701 e. The summed E-state index contributed by atoms with van der Waals surface area (Å²) in [4.78, 5) is 0. The van der Waals surface area contributed by atoms with Gasteiger partial charge in [-0.05, 0) is 19.8 Å². The fourth-order valence-electron chi connectivity index (χ4n) is 3.44. The fourth-order valence-corrected chi connectivity index (χ4v) is 3.62. The van der Waals surface area contributed by atoms with Gasteiger partial charge in [-0.1, -0.05) is 12.8 Å². The Balaban J connectivity index is 3.03. The predicted octanol–water partition coefficient (Wildman–Crippen LogP) is 3.02. The molecule has 0 fully saturated rings. The molecule has 0 spiro atoms.